The zero-order chi connectivity index (χ0) is 40.4. The van der Waals surface area contributed by atoms with Crippen molar-refractivity contribution in [1.29, 1.82) is 0 Å². The predicted molar refractivity (Wildman–Crippen MR) is 197 cm³/mol. The lowest BCUT2D eigenvalue weighted by Gasteiger charge is -2.45. The van der Waals surface area contributed by atoms with Gasteiger partial charge in [-0.3, -0.25) is 14.4 Å². The molecule has 0 spiro atoms. The highest BCUT2D eigenvalue weighted by atomic mass is 32.1. The van der Waals surface area contributed by atoms with Crippen LogP contribution in [0.25, 0.3) is 10.8 Å². The number of Topliss-reactive ketones (excluding diaryl/α,β-unsaturated/α-hetero) is 2. The van der Waals surface area contributed by atoms with Gasteiger partial charge in [0.05, 0.1) is 42.0 Å². The summed E-state index contributed by atoms with van der Waals surface area (Å²) in [7, 11) is 5.36. The van der Waals surface area contributed by atoms with Gasteiger partial charge in [0.2, 0.25) is 5.82 Å². The number of carbonyl (C=O) groups is 4. The lowest BCUT2D eigenvalue weighted by molar-refractivity contribution is -0.290. The summed E-state index contributed by atoms with van der Waals surface area (Å²) in [6.07, 6.45) is -3.30. The summed E-state index contributed by atoms with van der Waals surface area (Å²) >= 11 is 1.28. The molecule has 3 saturated heterocycles. The third kappa shape index (κ3) is 9.24. The number of hydrogen-bond donors (Lipinski definition) is 2. The van der Waals surface area contributed by atoms with Gasteiger partial charge in [-0.25, -0.2) is 9.78 Å². The first-order chi connectivity index (χ1) is 25.9. The van der Waals surface area contributed by atoms with Crippen LogP contribution in [0.5, 0.6) is 0 Å². The monoisotopic (exact) mass is 787 g/mol. The second kappa shape index (κ2) is 17.1. The van der Waals surface area contributed by atoms with E-state index in [4.69, 9.17) is 23.7 Å². The number of tetrazole rings is 1. The molecule has 3 fully saturated rings. The number of hydrogen-bond acceptors (Lipinski definition) is 16. The van der Waals surface area contributed by atoms with Gasteiger partial charge in [-0.05, 0) is 66.3 Å². The van der Waals surface area contributed by atoms with Crippen LogP contribution in [-0.2, 0) is 45.1 Å². The van der Waals surface area contributed by atoms with Crippen LogP contribution in [-0.4, -0.2) is 134 Å². The standard InChI is InChI=1S/C37H53N7O10S/c1-11-26-37(7)30(39-35(49)54-37)22(5)28(46)19(2)17-36(6,50-14-12-13-23-18-38-32(55-23)31-40-42-44(10)41-31)27(16-25(45)21(4)33(48)52-26)53-34-29(47)24(43(8)9)15-20(3)51-34/h18-22,24,26-27,29-30,34,47H,11,14-17H2,1-10H3,(H,39,49)/t19-,20-,21-,22-,24+,26+,27-,29-,30-,34?,36+,37-/m1/s1. The minimum atomic E-state index is -1.41. The number of aryl methyl sites for hydroxylation is 1. The van der Waals surface area contributed by atoms with Crippen LogP contribution in [0.2, 0.25) is 0 Å². The minimum absolute atomic E-state index is 0.0442. The van der Waals surface area contributed by atoms with E-state index in [1.807, 2.05) is 25.9 Å². The number of aliphatic hydroxyl groups is 1. The summed E-state index contributed by atoms with van der Waals surface area (Å²) in [5, 5.41) is 26.8. The second-order valence-corrected chi connectivity index (χ2v) is 16.5. The molecule has 12 atom stereocenters. The zero-order valence-electron chi connectivity index (χ0n) is 33.1. The fourth-order valence-electron chi connectivity index (χ4n) is 7.75. The SMILES string of the molecule is CC[C@@H]1OC(=O)[C@H](C)C(=O)C[C@@H](OC2O[C@H](C)C[C@H](N(C)C)[C@H]2O)[C@@](C)(OCC#Cc2cnc(-c3nnn(C)n3)s2)C[C@@H](C)C(=O)[C@@H](C)[C@H]2NC(=O)O[C@]12C. The average Bonchev–Trinajstić information content (AvgIpc) is 3.86. The van der Waals surface area contributed by atoms with E-state index in [-0.39, 0.29) is 43.8 Å². The summed E-state index contributed by atoms with van der Waals surface area (Å²) in [5.74, 6) is 2.14. The highest BCUT2D eigenvalue weighted by molar-refractivity contribution is 7.15. The van der Waals surface area contributed by atoms with Gasteiger partial charge in [0.25, 0.3) is 0 Å². The largest absolute Gasteiger partial charge is 0.458 e. The van der Waals surface area contributed by atoms with E-state index < -0.39 is 77.4 Å². The van der Waals surface area contributed by atoms with Gasteiger partial charge in [-0.2, -0.15) is 4.80 Å². The van der Waals surface area contributed by atoms with Crippen LogP contribution in [0.15, 0.2) is 6.20 Å². The van der Waals surface area contributed by atoms with Crippen LogP contribution in [0.3, 0.4) is 0 Å². The maximum absolute atomic E-state index is 14.3. The van der Waals surface area contributed by atoms with Gasteiger partial charge < -0.3 is 39.0 Å². The molecule has 0 aromatic carbocycles. The molecule has 2 aromatic heterocycles. The number of ether oxygens (including phenoxy) is 5. The topological polar surface area (TPSA) is 206 Å². The number of nitrogens with one attached hydrogen (secondary N) is 1. The number of fused-ring (bicyclic) bond motifs is 1. The number of esters is 1. The molecule has 18 heteroatoms. The Labute approximate surface area is 325 Å². The Morgan fingerprint density at radius 1 is 1.16 bits per heavy atom. The van der Waals surface area contributed by atoms with E-state index in [0.717, 1.165) is 0 Å². The molecule has 2 N–H and O–H groups in total. The highest BCUT2D eigenvalue weighted by Crippen LogP contribution is 2.39. The van der Waals surface area contributed by atoms with Crippen LogP contribution in [0.4, 0.5) is 4.79 Å². The lowest BCUT2D eigenvalue weighted by Crippen LogP contribution is -2.58. The van der Waals surface area contributed by atoms with Gasteiger partial charge in [0, 0.05) is 24.3 Å². The number of alkyl carbamates (subject to hydrolysis) is 1. The number of aromatic nitrogens is 5. The molecule has 5 heterocycles. The van der Waals surface area contributed by atoms with E-state index in [1.54, 1.807) is 47.9 Å². The number of carbonyl (C=O) groups excluding carboxylic acids is 4. The van der Waals surface area contributed by atoms with Crippen molar-refractivity contribution >= 4 is 35.0 Å². The van der Waals surface area contributed by atoms with Crippen LogP contribution in [0.1, 0.15) is 79.0 Å². The van der Waals surface area contributed by atoms with Crippen molar-refractivity contribution in [2.24, 2.45) is 24.8 Å². The molecule has 3 aliphatic heterocycles. The van der Waals surface area contributed by atoms with Gasteiger partial charge in [0.15, 0.2) is 16.9 Å². The fourth-order valence-corrected chi connectivity index (χ4v) is 8.46. The summed E-state index contributed by atoms with van der Waals surface area (Å²) in [5.41, 5.74) is -2.80. The molecule has 3 aliphatic rings. The Hall–Kier alpha value is -3.86. The van der Waals surface area contributed by atoms with Gasteiger partial charge >= 0.3 is 12.1 Å². The van der Waals surface area contributed by atoms with Crippen molar-refractivity contribution < 1.29 is 48.0 Å². The average molecular weight is 788 g/mol. The molecule has 1 unspecified atom stereocenters. The number of nitrogens with zero attached hydrogens (tertiary/aromatic N) is 6. The molecule has 0 saturated carbocycles. The summed E-state index contributed by atoms with van der Waals surface area (Å²) in [6.45, 7) is 11.8. The van der Waals surface area contributed by atoms with Crippen LogP contribution in [0, 0.1) is 29.6 Å². The van der Waals surface area contributed by atoms with Gasteiger partial charge in [0.1, 0.15) is 36.3 Å². The smallest absolute Gasteiger partial charge is 0.408 e. The molecule has 302 valence electrons. The molecule has 0 bridgehead atoms. The predicted octanol–water partition coefficient (Wildman–Crippen LogP) is 2.30. The third-order valence-corrected chi connectivity index (χ3v) is 11.9. The number of ketones is 2. The Kier molecular flexibility index (Phi) is 13.1. The molecule has 55 heavy (non-hydrogen) atoms. The number of amides is 1. The first-order valence-corrected chi connectivity index (χ1v) is 19.4. The van der Waals surface area contributed by atoms with E-state index >= 15 is 0 Å². The molecule has 2 aromatic rings. The Morgan fingerprint density at radius 3 is 2.55 bits per heavy atom. The quantitative estimate of drug-likeness (QED) is 0.235. The normalized spacial score (nSPS) is 36.3. The first kappa shape index (κ1) is 42.3. The summed E-state index contributed by atoms with van der Waals surface area (Å²) < 4.78 is 30.9. The summed E-state index contributed by atoms with van der Waals surface area (Å²) in [4.78, 5) is 62.9. The number of likely N-dealkylation sites (N-methyl/N-ethyl adjacent to an activating group) is 1. The molecule has 0 aliphatic carbocycles. The van der Waals surface area contributed by atoms with Crippen molar-refractivity contribution in [2.75, 3.05) is 20.7 Å². The fraction of sp³-hybridized carbons (Fsp3) is 0.730. The van der Waals surface area contributed by atoms with Crippen molar-refractivity contribution in [2.45, 2.75) is 128 Å². The zero-order valence-corrected chi connectivity index (χ0v) is 33.9. The first-order valence-electron chi connectivity index (χ1n) is 18.6. The number of cyclic esters (lactones) is 1. The number of rotatable bonds is 7. The molecule has 17 nitrogen and oxygen atoms in total. The van der Waals surface area contributed by atoms with Crippen molar-refractivity contribution in [3.05, 3.63) is 11.1 Å². The lowest BCUT2D eigenvalue weighted by atomic mass is 9.75. The van der Waals surface area contributed by atoms with Crippen molar-refractivity contribution in [3.8, 4) is 22.7 Å². The third-order valence-electron chi connectivity index (χ3n) is 11.0. The van der Waals surface area contributed by atoms with Gasteiger partial charge in [-0.1, -0.05) is 32.6 Å². The van der Waals surface area contributed by atoms with Crippen LogP contribution >= 0.6 is 11.3 Å². The van der Waals surface area contributed by atoms with E-state index in [9.17, 15) is 24.3 Å². The summed E-state index contributed by atoms with van der Waals surface area (Å²) in [6, 6.07) is -1.16. The molecule has 0 radical (unpaired) electrons. The number of thiazole rings is 1. The van der Waals surface area contributed by atoms with E-state index in [0.29, 0.717) is 22.1 Å². The molecular formula is C37H53N7O10S. The molecule has 5 rings (SSSR count). The Bertz CT molecular complexity index is 1790. The maximum Gasteiger partial charge on any atom is 0.408 e. The minimum Gasteiger partial charge on any atom is -0.458 e. The number of aliphatic hydroxyl groups excluding tert-OH is 1. The van der Waals surface area contributed by atoms with Crippen LogP contribution < -0.4 is 5.32 Å². The van der Waals surface area contributed by atoms with Gasteiger partial charge in [-0.15, -0.1) is 21.5 Å². The second-order valence-electron chi connectivity index (χ2n) is 15.4. The Balaban J connectivity index is 1.51. The molecule has 1 amide bonds. The highest BCUT2D eigenvalue weighted by Gasteiger charge is 2.57. The van der Waals surface area contributed by atoms with E-state index in [1.165, 1.54) is 23.1 Å². The molecular weight excluding hydrogens is 735 g/mol. The van der Waals surface area contributed by atoms with Crippen molar-refractivity contribution in [1.82, 2.24) is 35.4 Å². The van der Waals surface area contributed by atoms with E-state index in [2.05, 4.69) is 37.6 Å². The maximum atomic E-state index is 14.3. The van der Waals surface area contributed by atoms with Crippen molar-refractivity contribution in [3.63, 3.8) is 0 Å². The Morgan fingerprint density at radius 2 is 1.89 bits per heavy atom.